The number of hydrogen-bond donors (Lipinski definition) is 1. The molecule has 0 bridgehead atoms. The lowest BCUT2D eigenvalue weighted by Crippen LogP contribution is -2.49. The highest BCUT2D eigenvalue weighted by Crippen LogP contribution is 2.34. The Morgan fingerprint density at radius 1 is 1.03 bits per heavy atom. The smallest absolute Gasteiger partial charge is 0.253 e. The van der Waals surface area contributed by atoms with Crippen LogP contribution in [0.4, 0.5) is 5.69 Å². The Bertz CT molecular complexity index is 1470. The normalized spacial score (nSPS) is 15.6. The number of methoxy groups -OCH3 is 2. The molecule has 1 aliphatic heterocycles. The lowest BCUT2D eigenvalue weighted by atomic mass is 9.98. The number of anilines is 1. The number of piperazine rings is 1. The van der Waals surface area contributed by atoms with Crippen LogP contribution in [0.3, 0.4) is 0 Å². The molecule has 3 heterocycles. The second kappa shape index (κ2) is 10.4. The van der Waals surface area contributed by atoms with E-state index in [2.05, 4.69) is 57.1 Å². The molecule has 0 spiro atoms. The Morgan fingerprint density at radius 2 is 1.79 bits per heavy atom. The third kappa shape index (κ3) is 4.71. The summed E-state index contributed by atoms with van der Waals surface area (Å²) in [5.74, 6) is 2.21. The molecule has 200 valence electrons. The summed E-state index contributed by atoms with van der Waals surface area (Å²) in [6.45, 7) is 9.34. The first-order chi connectivity index (χ1) is 18.4. The first kappa shape index (κ1) is 25.7. The van der Waals surface area contributed by atoms with E-state index in [-0.39, 0.29) is 11.1 Å². The highest BCUT2D eigenvalue weighted by atomic mass is 16.5. The van der Waals surface area contributed by atoms with Crippen LogP contribution < -0.4 is 19.9 Å². The van der Waals surface area contributed by atoms with Crippen LogP contribution in [0.2, 0.25) is 0 Å². The van der Waals surface area contributed by atoms with Crippen molar-refractivity contribution in [1.82, 2.24) is 30.1 Å². The number of pyridine rings is 1. The van der Waals surface area contributed by atoms with Gasteiger partial charge in [0, 0.05) is 37.8 Å². The topological polar surface area (TPSA) is 101 Å². The number of aromatic amines is 1. The van der Waals surface area contributed by atoms with Crippen molar-refractivity contribution in [3.05, 3.63) is 70.3 Å². The molecule has 4 aromatic rings. The van der Waals surface area contributed by atoms with Crippen molar-refractivity contribution in [1.29, 1.82) is 0 Å². The zero-order valence-corrected chi connectivity index (χ0v) is 22.6. The fraction of sp³-hybridized carbons (Fsp3) is 0.429. The summed E-state index contributed by atoms with van der Waals surface area (Å²) < 4.78 is 12.8. The summed E-state index contributed by atoms with van der Waals surface area (Å²) in [6.07, 6.45) is 0.840. The molecule has 38 heavy (non-hydrogen) atoms. The molecule has 10 nitrogen and oxygen atoms in total. The number of H-pyrrole nitrogens is 1. The quantitative estimate of drug-likeness (QED) is 0.378. The zero-order chi connectivity index (χ0) is 26.9. The van der Waals surface area contributed by atoms with Gasteiger partial charge in [-0.05, 0) is 66.4 Å². The van der Waals surface area contributed by atoms with Gasteiger partial charge >= 0.3 is 0 Å². The number of rotatable bonds is 8. The number of ether oxygens (including phenoxy) is 2. The lowest BCUT2D eigenvalue weighted by molar-refractivity contribution is 0.186. The summed E-state index contributed by atoms with van der Waals surface area (Å²) in [4.78, 5) is 21.3. The average molecular weight is 518 g/mol. The summed E-state index contributed by atoms with van der Waals surface area (Å²) >= 11 is 0. The summed E-state index contributed by atoms with van der Waals surface area (Å²) in [7, 11) is 3.31. The van der Waals surface area contributed by atoms with Crippen molar-refractivity contribution in [2.45, 2.75) is 38.8 Å². The minimum absolute atomic E-state index is 0.160. The molecule has 0 aliphatic carbocycles. The Balaban J connectivity index is 1.56. The predicted molar refractivity (Wildman–Crippen MR) is 147 cm³/mol. The van der Waals surface area contributed by atoms with Gasteiger partial charge in [-0.15, -0.1) is 5.10 Å². The number of nitrogens with zero attached hydrogens (tertiary/aromatic N) is 6. The predicted octanol–water partition coefficient (Wildman–Crippen LogP) is 3.59. The molecule has 1 aliphatic rings. The standard InChI is InChI=1S/C28H35N7O3/c1-6-28(2,3)35-26(30-31-32-35)25(21-17-19-11-12-20(37-4)18-22(19)29-27(21)36)34-15-13-33(14-16-34)23-9-7-8-10-24(23)38-5/h7-12,17-18,25H,6,13-16H2,1-5H3,(H,29,36)/t25-/m1/s1. The van der Waals surface area contributed by atoms with E-state index in [0.717, 1.165) is 54.9 Å². The van der Waals surface area contributed by atoms with Gasteiger partial charge in [-0.2, -0.15) is 0 Å². The molecule has 0 radical (unpaired) electrons. The van der Waals surface area contributed by atoms with Crippen molar-refractivity contribution in [3.8, 4) is 11.5 Å². The van der Waals surface area contributed by atoms with Gasteiger partial charge in [0.05, 0.1) is 31.0 Å². The van der Waals surface area contributed by atoms with Gasteiger partial charge in [0.2, 0.25) is 0 Å². The van der Waals surface area contributed by atoms with Gasteiger partial charge in [-0.25, -0.2) is 4.68 Å². The van der Waals surface area contributed by atoms with E-state index in [1.807, 2.05) is 47.1 Å². The molecule has 1 fully saturated rings. The SMILES string of the molecule is CCC(C)(C)n1nnnc1[C@@H](c1cc2ccc(OC)cc2[nH]c1=O)N1CCN(c2ccccc2OC)CC1. The Labute approximate surface area is 222 Å². The zero-order valence-electron chi connectivity index (χ0n) is 22.6. The number of fused-ring (bicyclic) bond motifs is 1. The van der Waals surface area contributed by atoms with E-state index in [0.29, 0.717) is 17.1 Å². The number of tetrazole rings is 1. The monoisotopic (exact) mass is 517 g/mol. The second-order valence-corrected chi connectivity index (χ2v) is 10.2. The highest BCUT2D eigenvalue weighted by molar-refractivity contribution is 5.80. The number of hydrogen-bond acceptors (Lipinski definition) is 8. The lowest BCUT2D eigenvalue weighted by Gasteiger charge is -2.40. The third-order valence-electron chi connectivity index (χ3n) is 7.66. The Kier molecular flexibility index (Phi) is 7.07. The van der Waals surface area contributed by atoms with Crippen LogP contribution in [0.15, 0.2) is 53.3 Å². The molecule has 1 atom stereocenters. The van der Waals surface area contributed by atoms with Crippen molar-refractivity contribution < 1.29 is 9.47 Å². The minimum Gasteiger partial charge on any atom is -0.497 e. The van der Waals surface area contributed by atoms with E-state index in [4.69, 9.17) is 9.47 Å². The third-order valence-corrected chi connectivity index (χ3v) is 7.66. The van der Waals surface area contributed by atoms with Gasteiger partial charge in [0.1, 0.15) is 17.5 Å². The molecule has 0 unspecified atom stereocenters. The second-order valence-electron chi connectivity index (χ2n) is 10.2. The van der Waals surface area contributed by atoms with Crippen LogP contribution >= 0.6 is 0 Å². The van der Waals surface area contributed by atoms with E-state index in [1.165, 1.54) is 0 Å². The molecule has 1 N–H and O–H groups in total. The first-order valence-electron chi connectivity index (χ1n) is 13.0. The summed E-state index contributed by atoms with van der Waals surface area (Å²) in [5.41, 5.74) is 1.95. The number of para-hydroxylation sites is 2. The van der Waals surface area contributed by atoms with E-state index >= 15 is 0 Å². The van der Waals surface area contributed by atoms with Crippen LogP contribution in [0.25, 0.3) is 10.9 Å². The van der Waals surface area contributed by atoms with Crippen LogP contribution in [-0.2, 0) is 5.54 Å². The van der Waals surface area contributed by atoms with Crippen LogP contribution in [0, 0.1) is 0 Å². The van der Waals surface area contributed by atoms with Crippen LogP contribution in [0.5, 0.6) is 11.5 Å². The number of nitrogens with one attached hydrogen (secondary N) is 1. The van der Waals surface area contributed by atoms with Crippen molar-refractivity contribution in [2.75, 3.05) is 45.3 Å². The van der Waals surface area contributed by atoms with E-state index < -0.39 is 6.04 Å². The molecule has 2 aromatic carbocycles. The molecule has 0 amide bonds. The highest BCUT2D eigenvalue weighted by Gasteiger charge is 2.36. The van der Waals surface area contributed by atoms with Gasteiger partial charge < -0.3 is 19.4 Å². The number of aromatic nitrogens is 5. The molecule has 1 saturated heterocycles. The summed E-state index contributed by atoms with van der Waals surface area (Å²) in [5, 5.41) is 13.8. The fourth-order valence-electron chi connectivity index (χ4n) is 5.08. The fourth-order valence-corrected chi connectivity index (χ4v) is 5.08. The van der Waals surface area contributed by atoms with Gasteiger partial charge in [-0.1, -0.05) is 19.1 Å². The molecular formula is C28H35N7O3. The van der Waals surface area contributed by atoms with Gasteiger partial charge in [-0.3, -0.25) is 9.69 Å². The first-order valence-corrected chi connectivity index (χ1v) is 13.0. The summed E-state index contributed by atoms with van der Waals surface area (Å²) in [6, 6.07) is 15.3. The maximum atomic E-state index is 13.6. The van der Waals surface area contributed by atoms with Crippen LogP contribution in [-0.4, -0.2) is 70.5 Å². The Hall–Kier alpha value is -3.92. The maximum Gasteiger partial charge on any atom is 0.253 e. The van der Waals surface area contributed by atoms with E-state index in [9.17, 15) is 4.79 Å². The maximum absolute atomic E-state index is 13.6. The molecular weight excluding hydrogens is 482 g/mol. The van der Waals surface area contributed by atoms with Crippen molar-refractivity contribution in [3.63, 3.8) is 0 Å². The van der Waals surface area contributed by atoms with Crippen molar-refractivity contribution in [2.24, 2.45) is 0 Å². The molecule has 0 saturated carbocycles. The van der Waals surface area contributed by atoms with Gasteiger partial charge in [0.25, 0.3) is 5.56 Å². The average Bonchev–Trinajstić information content (AvgIpc) is 3.44. The molecule has 10 heteroatoms. The minimum atomic E-state index is -0.411. The van der Waals surface area contributed by atoms with Crippen molar-refractivity contribution >= 4 is 16.6 Å². The van der Waals surface area contributed by atoms with Crippen LogP contribution in [0.1, 0.15) is 44.6 Å². The molecule has 2 aromatic heterocycles. The van der Waals surface area contributed by atoms with Gasteiger partial charge in [0.15, 0.2) is 5.82 Å². The molecule has 5 rings (SSSR count). The number of benzene rings is 2. The Morgan fingerprint density at radius 3 is 2.50 bits per heavy atom. The van der Waals surface area contributed by atoms with E-state index in [1.54, 1.807) is 14.2 Å². The largest absolute Gasteiger partial charge is 0.497 e.